The van der Waals surface area contributed by atoms with Gasteiger partial charge < -0.3 is 10.0 Å². The predicted octanol–water partition coefficient (Wildman–Crippen LogP) is 2.92. The summed E-state index contributed by atoms with van der Waals surface area (Å²) in [5, 5.41) is 10.5. The normalized spacial score (nSPS) is 21.4. The van der Waals surface area contributed by atoms with Crippen LogP contribution in [0.3, 0.4) is 0 Å². The Morgan fingerprint density at radius 3 is 3.06 bits per heavy atom. The van der Waals surface area contributed by atoms with Gasteiger partial charge in [0.15, 0.2) is 5.13 Å². The Balaban J connectivity index is 2.10. The maximum absolute atomic E-state index is 9.10. The zero-order valence-corrected chi connectivity index (χ0v) is 11.0. The zero-order valence-electron chi connectivity index (χ0n) is 9.45. The van der Waals surface area contributed by atoms with Crippen LogP contribution in [-0.2, 0) is 6.61 Å². The Morgan fingerprint density at radius 1 is 1.62 bits per heavy atom. The average Bonchev–Trinajstić information content (AvgIpc) is 2.71. The molecule has 1 aromatic heterocycles. The molecule has 1 atom stereocenters. The van der Waals surface area contributed by atoms with E-state index in [0.717, 1.165) is 29.0 Å². The van der Waals surface area contributed by atoms with E-state index < -0.39 is 0 Å². The summed E-state index contributed by atoms with van der Waals surface area (Å²) in [4.78, 5) is 7.40. The fraction of sp³-hybridized carbons (Fsp3) is 0.727. The molecule has 2 heterocycles. The van der Waals surface area contributed by atoms with Crippen molar-refractivity contribution in [3.63, 3.8) is 0 Å². The molecular formula is C11H17ClN2OS. The number of aliphatic hydroxyl groups is 1. The molecule has 1 fully saturated rings. The first-order chi connectivity index (χ1) is 7.74. The van der Waals surface area contributed by atoms with Gasteiger partial charge in [0.25, 0.3) is 0 Å². The van der Waals surface area contributed by atoms with Crippen LogP contribution in [0.15, 0.2) is 0 Å². The van der Waals surface area contributed by atoms with Crippen LogP contribution in [-0.4, -0.2) is 23.2 Å². The van der Waals surface area contributed by atoms with E-state index in [1.807, 2.05) is 0 Å². The number of piperidine rings is 1. The van der Waals surface area contributed by atoms with Crippen LogP contribution < -0.4 is 4.90 Å². The van der Waals surface area contributed by atoms with E-state index in [4.69, 9.17) is 16.7 Å². The van der Waals surface area contributed by atoms with Gasteiger partial charge in [-0.25, -0.2) is 4.98 Å². The van der Waals surface area contributed by atoms with E-state index in [1.54, 1.807) is 0 Å². The van der Waals surface area contributed by atoms with Crippen LogP contribution in [0.25, 0.3) is 0 Å². The van der Waals surface area contributed by atoms with Gasteiger partial charge in [0, 0.05) is 13.1 Å². The van der Waals surface area contributed by atoms with Gasteiger partial charge in [0.1, 0.15) is 5.15 Å². The smallest absolute Gasteiger partial charge is 0.187 e. The Hall–Kier alpha value is -0.320. The summed E-state index contributed by atoms with van der Waals surface area (Å²) in [7, 11) is 0. The van der Waals surface area contributed by atoms with Crippen molar-refractivity contribution in [2.75, 3.05) is 18.0 Å². The predicted molar refractivity (Wildman–Crippen MR) is 68.3 cm³/mol. The summed E-state index contributed by atoms with van der Waals surface area (Å²) in [6.07, 6.45) is 3.77. The van der Waals surface area contributed by atoms with Crippen LogP contribution in [0.1, 0.15) is 31.1 Å². The number of aliphatic hydroxyl groups excluding tert-OH is 1. The number of hydrogen-bond acceptors (Lipinski definition) is 4. The number of thiazole rings is 1. The topological polar surface area (TPSA) is 36.4 Å². The van der Waals surface area contributed by atoms with E-state index in [0.29, 0.717) is 5.15 Å². The second-order valence-electron chi connectivity index (χ2n) is 4.23. The van der Waals surface area contributed by atoms with Crippen molar-refractivity contribution >= 4 is 28.1 Å². The Labute approximate surface area is 105 Å². The highest BCUT2D eigenvalue weighted by atomic mass is 35.5. The molecule has 0 amide bonds. The van der Waals surface area contributed by atoms with Gasteiger partial charge >= 0.3 is 0 Å². The molecule has 0 spiro atoms. The zero-order chi connectivity index (χ0) is 11.5. The monoisotopic (exact) mass is 260 g/mol. The van der Waals surface area contributed by atoms with Crippen molar-refractivity contribution in [2.45, 2.75) is 32.8 Å². The van der Waals surface area contributed by atoms with Crippen molar-refractivity contribution in [3.8, 4) is 0 Å². The molecule has 3 nitrogen and oxygen atoms in total. The molecule has 0 saturated carbocycles. The first-order valence-electron chi connectivity index (χ1n) is 5.75. The molecule has 1 aliphatic rings. The lowest BCUT2D eigenvalue weighted by Gasteiger charge is -2.31. The van der Waals surface area contributed by atoms with Crippen LogP contribution in [0.2, 0.25) is 5.15 Å². The third-order valence-corrected chi connectivity index (χ3v) is 4.67. The molecule has 1 unspecified atom stereocenters. The van der Waals surface area contributed by atoms with Crippen molar-refractivity contribution in [1.82, 2.24) is 4.98 Å². The number of halogens is 1. The van der Waals surface area contributed by atoms with E-state index in [2.05, 4.69) is 16.8 Å². The lowest BCUT2D eigenvalue weighted by atomic mass is 9.96. The highest BCUT2D eigenvalue weighted by Crippen LogP contribution is 2.32. The van der Waals surface area contributed by atoms with Crippen molar-refractivity contribution in [2.24, 2.45) is 5.92 Å². The van der Waals surface area contributed by atoms with Crippen LogP contribution in [0.5, 0.6) is 0 Å². The first kappa shape index (κ1) is 12.1. The summed E-state index contributed by atoms with van der Waals surface area (Å²) in [6.45, 7) is 4.36. The van der Waals surface area contributed by atoms with Gasteiger partial charge in [-0.15, -0.1) is 0 Å². The number of anilines is 1. The van der Waals surface area contributed by atoms with Crippen molar-refractivity contribution in [1.29, 1.82) is 0 Å². The molecule has 0 radical (unpaired) electrons. The minimum Gasteiger partial charge on any atom is -0.391 e. The number of rotatable bonds is 3. The van der Waals surface area contributed by atoms with Gasteiger partial charge in [-0.1, -0.05) is 36.3 Å². The SMILES string of the molecule is CCC1CCCN(c2nc(Cl)c(CO)s2)C1. The van der Waals surface area contributed by atoms with Crippen molar-refractivity contribution < 1.29 is 5.11 Å². The van der Waals surface area contributed by atoms with Gasteiger partial charge in [0.05, 0.1) is 11.5 Å². The van der Waals surface area contributed by atoms with E-state index in [1.165, 1.54) is 30.6 Å². The van der Waals surface area contributed by atoms with Crippen LogP contribution >= 0.6 is 22.9 Å². The molecule has 16 heavy (non-hydrogen) atoms. The van der Waals surface area contributed by atoms with Crippen molar-refractivity contribution in [3.05, 3.63) is 10.0 Å². The lowest BCUT2D eigenvalue weighted by molar-refractivity contribution is 0.285. The Morgan fingerprint density at radius 2 is 2.44 bits per heavy atom. The molecule has 1 aromatic rings. The van der Waals surface area contributed by atoms with E-state index in [9.17, 15) is 0 Å². The number of hydrogen-bond donors (Lipinski definition) is 1. The molecule has 0 aromatic carbocycles. The molecule has 1 saturated heterocycles. The summed E-state index contributed by atoms with van der Waals surface area (Å²) in [5.41, 5.74) is 0. The standard InChI is InChI=1S/C11H17ClN2OS/c1-2-8-4-3-5-14(6-8)11-13-10(12)9(7-15)16-11/h8,15H,2-7H2,1H3. The molecule has 1 N–H and O–H groups in total. The van der Waals surface area contributed by atoms with Crippen LogP contribution in [0.4, 0.5) is 5.13 Å². The minimum absolute atomic E-state index is 0.0124. The molecule has 90 valence electrons. The summed E-state index contributed by atoms with van der Waals surface area (Å²) < 4.78 is 0. The fourth-order valence-corrected chi connectivity index (χ4v) is 3.28. The molecule has 1 aliphatic heterocycles. The highest BCUT2D eigenvalue weighted by Gasteiger charge is 2.22. The molecular weight excluding hydrogens is 244 g/mol. The maximum atomic E-state index is 9.10. The second-order valence-corrected chi connectivity index (χ2v) is 5.65. The van der Waals surface area contributed by atoms with Gasteiger partial charge in [-0.05, 0) is 18.8 Å². The van der Waals surface area contributed by atoms with E-state index >= 15 is 0 Å². The quantitative estimate of drug-likeness (QED) is 0.908. The third kappa shape index (κ3) is 2.50. The summed E-state index contributed by atoms with van der Waals surface area (Å²) >= 11 is 7.46. The first-order valence-corrected chi connectivity index (χ1v) is 6.95. The Kier molecular flexibility index (Phi) is 4.05. The highest BCUT2D eigenvalue weighted by molar-refractivity contribution is 7.16. The lowest BCUT2D eigenvalue weighted by Crippen LogP contribution is -2.35. The Bertz CT molecular complexity index is 356. The largest absolute Gasteiger partial charge is 0.391 e. The van der Waals surface area contributed by atoms with Gasteiger partial charge in [0.2, 0.25) is 0 Å². The van der Waals surface area contributed by atoms with E-state index in [-0.39, 0.29) is 6.61 Å². The summed E-state index contributed by atoms with van der Waals surface area (Å²) in [5.74, 6) is 0.772. The summed E-state index contributed by atoms with van der Waals surface area (Å²) in [6, 6.07) is 0. The molecule has 5 heteroatoms. The van der Waals surface area contributed by atoms with Gasteiger partial charge in [-0.2, -0.15) is 0 Å². The second kappa shape index (κ2) is 5.34. The average molecular weight is 261 g/mol. The number of nitrogens with zero attached hydrogens (tertiary/aromatic N) is 2. The molecule has 0 bridgehead atoms. The molecule has 2 rings (SSSR count). The third-order valence-electron chi connectivity index (χ3n) is 3.15. The number of aromatic nitrogens is 1. The fourth-order valence-electron chi connectivity index (χ4n) is 2.13. The van der Waals surface area contributed by atoms with Gasteiger partial charge in [-0.3, -0.25) is 0 Å². The molecule has 0 aliphatic carbocycles. The maximum Gasteiger partial charge on any atom is 0.187 e. The minimum atomic E-state index is -0.0124. The van der Waals surface area contributed by atoms with Crippen LogP contribution in [0, 0.1) is 5.92 Å².